The first-order chi connectivity index (χ1) is 25.8. The van der Waals surface area contributed by atoms with Crippen LogP contribution in [0.4, 0.5) is 11.4 Å². The van der Waals surface area contributed by atoms with Crippen LogP contribution in [0.3, 0.4) is 0 Å². The Morgan fingerprint density at radius 3 is 2.17 bits per heavy atom. The summed E-state index contributed by atoms with van der Waals surface area (Å²) in [5.74, 6) is 0.942. The number of fused-ring (bicyclic) bond motifs is 7. The van der Waals surface area contributed by atoms with Gasteiger partial charge in [-0.15, -0.1) is 0 Å². The number of rotatable bonds is 7. The van der Waals surface area contributed by atoms with Crippen LogP contribution in [0.15, 0.2) is 164 Å². The second-order valence-electron chi connectivity index (χ2n) is 14.3. The van der Waals surface area contributed by atoms with Crippen LogP contribution < -0.4 is 4.58 Å². The van der Waals surface area contributed by atoms with Crippen LogP contribution >= 0.6 is 0 Å². The summed E-state index contributed by atoms with van der Waals surface area (Å²) in [6.45, 7) is 2.32. The summed E-state index contributed by atoms with van der Waals surface area (Å²) in [6.07, 6.45) is 6.05. The Balaban J connectivity index is 1.18. The maximum atomic E-state index is 3.66. The van der Waals surface area contributed by atoms with Crippen molar-refractivity contribution in [2.75, 3.05) is 0 Å². The van der Waals surface area contributed by atoms with Crippen LogP contribution in [0, 0.1) is 5.92 Å². The van der Waals surface area contributed by atoms with Crippen LogP contribution in [-0.2, 0) is 6.42 Å². The minimum Gasteiger partial charge on any atom is -0.354 e. The van der Waals surface area contributed by atoms with Crippen LogP contribution in [-0.4, -0.2) is 15.8 Å². The van der Waals surface area contributed by atoms with Crippen molar-refractivity contribution in [3.05, 3.63) is 175 Å². The molecule has 9 aromatic rings. The molecule has 52 heavy (non-hydrogen) atoms. The summed E-state index contributed by atoms with van der Waals surface area (Å²) in [7, 11) is 0. The normalized spacial score (nSPS) is 16.0. The Kier molecular flexibility index (Phi) is 7.38. The van der Waals surface area contributed by atoms with Gasteiger partial charge in [0.15, 0.2) is 6.21 Å². The summed E-state index contributed by atoms with van der Waals surface area (Å²) < 4.78 is 4.90. The lowest BCUT2D eigenvalue weighted by molar-refractivity contribution is 0.485. The van der Waals surface area contributed by atoms with Gasteiger partial charge in [0.05, 0.1) is 22.6 Å². The molecule has 0 amide bonds. The van der Waals surface area contributed by atoms with Crippen molar-refractivity contribution in [2.24, 2.45) is 5.92 Å². The predicted octanol–water partition coefficient (Wildman–Crippen LogP) is 12.7. The molecule has 10 rings (SSSR count). The van der Waals surface area contributed by atoms with Crippen molar-refractivity contribution in [1.82, 2.24) is 14.1 Å². The zero-order chi connectivity index (χ0) is 34.6. The van der Waals surface area contributed by atoms with Gasteiger partial charge < -0.3 is 9.55 Å². The molecule has 2 atom stereocenters. The second-order valence-corrected chi connectivity index (χ2v) is 14.3. The van der Waals surface area contributed by atoms with Crippen molar-refractivity contribution < 1.29 is 0 Å². The molecule has 0 aliphatic heterocycles. The maximum Gasteiger partial charge on any atom is 0.212 e. The fraction of sp³-hybridized carbons (Fsp3) is 0.122. The highest BCUT2D eigenvalue weighted by Crippen LogP contribution is 2.43. The lowest BCUT2D eigenvalue weighted by atomic mass is 9.90. The van der Waals surface area contributed by atoms with Gasteiger partial charge in [0, 0.05) is 56.8 Å². The molecule has 1 aliphatic rings. The van der Waals surface area contributed by atoms with E-state index in [1.54, 1.807) is 0 Å². The first-order valence-electron chi connectivity index (χ1n) is 18.7. The average Bonchev–Trinajstić information content (AvgIpc) is 3.87. The third kappa shape index (κ3) is 4.92. The van der Waals surface area contributed by atoms with E-state index in [4.69, 9.17) is 0 Å². The SMILES string of the molecule is CCCC1Cc2ccccc2C1C=[N+](c1ccccc1)c1cccc(-n2c3ccccc3c3c(-c4cccc5[nH]c6ccccc6c45)cccc32)c1. The zero-order valence-electron chi connectivity index (χ0n) is 29.3. The van der Waals surface area contributed by atoms with Crippen LogP contribution in [0.25, 0.3) is 60.4 Å². The Morgan fingerprint density at radius 2 is 1.29 bits per heavy atom. The molecule has 3 nitrogen and oxygen atoms in total. The van der Waals surface area contributed by atoms with E-state index in [0.717, 1.165) is 23.3 Å². The minimum absolute atomic E-state index is 0.350. The molecule has 2 aromatic heterocycles. The summed E-state index contributed by atoms with van der Waals surface area (Å²) in [4.78, 5) is 3.66. The average molecular weight is 671 g/mol. The molecule has 0 bridgehead atoms. The number of H-pyrrole nitrogens is 1. The summed E-state index contributed by atoms with van der Waals surface area (Å²) in [5.41, 5.74) is 13.7. The van der Waals surface area contributed by atoms with Gasteiger partial charge in [-0.1, -0.05) is 123 Å². The quantitative estimate of drug-likeness (QED) is 0.129. The van der Waals surface area contributed by atoms with E-state index >= 15 is 0 Å². The van der Waals surface area contributed by atoms with E-state index < -0.39 is 0 Å². The number of nitrogens with one attached hydrogen (secondary N) is 1. The number of benzene rings is 7. The van der Waals surface area contributed by atoms with E-state index in [1.165, 1.54) is 78.9 Å². The summed E-state index contributed by atoms with van der Waals surface area (Å²) >= 11 is 0. The van der Waals surface area contributed by atoms with E-state index in [1.807, 2.05) is 0 Å². The largest absolute Gasteiger partial charge is 0.354 e. The number of para-hydroxylation sites is 3. The van der Waals surface area contributed by atoms with Gasteiger partial charge in [-0.05, 0) is 71.3 Å². The minimum atomic E-state index is 0.350. The molecule has 0 saturated heterocycles. The van der Waals surface area contributed by atoms with Crippen LogP contribution in [0.2, 0.25) is 0 Å². The van der Waals surface area contributed by atoms with Gasteiger partial charge in [-0.25, -0.2) is 0 Å². The van der Waals surface area contributed by atoms with Gasteiger partial charge in [-0.2, -0.15) is 4.58 Å². The molecule has 0 spiro atoms. The van der Waals surface area contributed by atoms with Crippen molar-refractivity contribution in [2.45, 2.75) is 32.1 Å². The number of hydrogen-bond donors (Lipinski definition) is 1. The highest BCUT2D eigenvalue weighted by molar-refractivity contribution is 6.21. The van der Waals surface area contributed by atoms with Gasteiger partial charge in [-0.3, -0.25) is 0 Å². The van der Waals surface area contributed by atoms with Crippen LogP contribution in [0.5, 0.6) is 0 Å². The highest BCUT2D eigenvalue weighted by atomic mass is 15.0. The maximum absolute atomic E-state index is 3.66. The molecule has 1 N–H and O–H groups in total. The highest BCUT2D eigenvalue weighted by Gasteiger charge is 2.34. The molecule has 3 heteroatoms. The number of aromatic nitrogens is 2. The molecular formula is C49H40N3+. The van der Waals surface area contributed by atoms with Crippen molar-refractivity contribution in [3.63, 3.8) is 0 Å². The molecule has 250 valence electrons. The van der Waals surface area contributed by atoms with Gasteiger partial charge in [0.1, 0.15) is 0 Å². The van der Waals surface area contributed by atoms with Gasteiger partial charge >= 0.3 is 0 Å². The van der Waals surface area contributed by atoms with E-state index in [0.29, 0.717) is 11.8 Å². The third-order valence-electron chi connectivity index (χ3n) is 11.3. The molecule has 1 aliphatic carbocycles. The molecule has 0 fully saturated rings. The smallest absolute Gasteiger partial charge is 0.212 e. The van der Waals surface area contributed by atoms with Crippen molar-refractivity contribution in [1.29, 1.82) is 0 Å². The monoisotopic (exact) mass is 670 g/mol. The second kappa shape index (κ2) is 12.5. The molecule has 2 unspecified atom stereocenters. The number of hydrogen-bond acceptors (Lipinski definition) is 0. The topological polar surface area (TPSA) is 23.7 Å². The zero-order valence-corrected chi connectivity index (χ0v) is 29.3. The predicted molar refractivity (Wildman–Crippen MR) is 221 cm³/mol. The molecule has 7 aromatic carbocycles. The first kappa shape index (κ1) is 30.6. The number of aromatic amines is 1. The summed E-state index contributed by atoms with van der Waals surface area (Å²) in [5, 5.41) is 5.06. The van der Waals surface area contributed by atoms with Gasteiger partial charge in [0.2, 0.25) is 11.4 Å². The Bertz CT molecular complexity index is 2800. The fourth-order valence-corrected chi connectivity index (χ4v) is 9.06. The third-order valence-corrected chi connectivity index (χ3v) is 11.3. The molecule has 2 heterocycles. The lowest BCUT2D eigenvalue weighted by Gasteiger charge is -2.16. The standard InChI is InChI=1S/C49H40N3/c1-2-15-33-30-34-16-6-7-21-38(34)43(33)32-51(35-17-4-3-5-18-35)36-19-12-20-37(31-36)52-46-28-11-9-23-42(46)49-40(25-14-29-47(49)52)39-24-13-27-45-48(39)41-22-8-10-26-44(41)50-45/h3-14,16-29,31-33,43,50H,2,15,30H2,1H3/q+1. The molecular weight excluding hydrogens is 631 g/mol. The van der Waals surface area contributed by atoms with Gasteiger partial charge in [0.25, 0.3) is 0 Å². The van der Waals surface area contributed by atoms with E-state index in [9.17, 15) is 0 Å². The Morgan fingerprint density at radius 1 is 0.615 bits per heavy atom. The summed E-state index contributed by atoms with van der Waals surface area (Å²) in [6, 6.07) is 60.0. The molecule has 0 radical (unpaired) electrons. The van der Waals surface area contributed by atoms with Crippen molar-refractivity contribution >= 4 is 61.2 Å². The lowest BCUT2D eigenvalue weighted by Crippen LogP contribution is -2.17. The van der Waals surface area contributed by atoms with E-state index in [-0.39, 0.29) is 0 Å². The Hall–Kier alpha value is -6.19. The number of nitrogens with zero attached hydrogens (tertiary/aromatic N) is 2. The fourth-order valence-electron chi connectivity index (χ4n) is 9.06. The van der Waals surface area contributed by atoms with E-state index in [2.05, 4.69) is 191 Å². The molecule has 0 saturated carbocycles. The van der Waals surface area contributed by atoms with Crippen molar-refractivity contribution in [3.8, 4) is 16.8 Å². The Labute approximate surface area is 304 Å². The van der Waals surface area contributed by atoms with Crippen LogP contribution in [0.1, 0.15) is 36.8 Å². The first-order valence-corrected chi connectivity index (χ1v) is 18.7.